The molecule has 0 spiro atoms. The molecule has 0 saturated heterocycles. The van der Waals surface area contributed by atoms with Crippen molar-refractivity contribution in [2.75, 3.05) is 0 Å². The van der Waals surface area contributed by atoms with E-state index in [-0.39, 0.29) is 5.92 Å². The molecule has 0 aromatic carbocycles. The summed E-state index contributed by atoms with van der Waals surface area (Å²) in [5.41, 5.74) is -1.14. The second-order valence-electron chi connectivity index (χ2n) is 2.92. The summed E-state index contributed by atoms with van der Waals surface area (Å²) in [4.78, 5) is 0. The van der Waals surface area contributed by atoms with Gasteiger partial charge in [0.05, 0.1) is 6.10 Å². The first kappa shape index (κ1) is 9.66. The molecule has 0 fully saturated rings. The maximum Gasteiger partial charge on any atom is 0.110 e. The molecule has 0 aliphatic heterocycles. The largest absolute Gasteiger partial charge is 0.390 e. The van der Waals surface area contributed by atoms with Gasteiger partial charge in [0.2, 0.25) is 0 Å². The molecule has 0 aromatic rings. The van der Waals surface area contributed by atoms with Gasteiger partial charge in [0.15, 0.2) is 0 Å². The van der Waals surface area contributed by atoms with E-state index < -0.39 is 11.7 Å². The lowest BCUT2D eigenvalue weighted by atomic mass is 9.86. The van der Waals surface area contributed by atoms with E-state index in [2.05, 4.69) is 6.58 Å². The summed E-state index contributed by atoms with van der Waals surface area (Å²) in [5.74, 6) is -0.00926. The highest BCUT2D eigenvalue weighted by atomic mass is 16.3. The topological polar surface area (TPSA) is 40.5 Å². The Bertz CT molecular complexity index is 108. The summed E-state index contributed by atoms with van der Waals surface area (Å²) in [6.45, 7) is 8.71. The predicted octanol–water partition coefficient (Wildman–Crippen LogP) is 0.940. The predicted molar refractivity (Wildman–Crippen MR) is 41.7 cm³/mol. The average Bonchev–Trinajstić information content (AvgIpc) is 1.85. The Labute approximate surface area is 62.2 Å². The summed E-state index contributed by atoms with van der Waals surface area (Å²) in [5, 5.41) is 18.7. The van der Waals surface area contributed by atoms with E-state index in [1.54, 1.807) is 6.92 Å². The van der Waals surface area contributed by atoms with Crippen LogP contribution >= 0.6 is 0 Å². The number of hydrogen-bond donors (Lipinski definition) is 2. The highest BCUT2D eigenvalue weighted by molar-refractivity contribution is 5.01. The molecule has 0 saturated carbocycles. The smallest absolute Gasteiger partial charge is 0.110 e. The van der Waals surface area contributed by atoms with Gasteiger partial charge in [-0.1, -0.05) is 19.9 Å². The molecule has 2 heteroatoms. The minimum atomic E-state index is -1.14. The molecule has 0 aromatic heterocycles. The zero-order valence-electron chi connectivity index (χ0n) is 6.83. The van der Waals surface area contributed by atoms with Gasteiger partial charge in [0, 0.05) is 0 Å². The average molecular weight is 144 g/mol. The van der Waals surface area contributed by atoms with Crippen molar-refractivity contribution in [3.05, 3.63) is 12.7 Å². The van der Waals surface area contributed by atoms with Crippen LogP contribution in [0.25, 0.3) is 0 Å². The van der Waals surface area contributed by atoms with Crippen LogP contribution in [0, 0.1) is 5.92 Å². The molecule has 0 rings (SSSR count). The maximum absolute atomic E-state index is 9.61. The van der Waals surface area contributed by atoms with Crippen LogP contribution in [0.15, 0.2) is 12.7 Å². The Morgan fingerprint density at radius 2 is 1.80 bits per heavy atom. The summed E-state index contributed by atoms with van der Waals surface area (Å²) < 4.78 is 0. The fraction of sp³-hybridized carbons (Fsp3) is 0.750. The number of hydrogen-bond acceptors (Lipinski definition) is 2. The molecule has 0 aliphatic rings. The highest BCUT2D eigenvalue weighted by Gasteiger charge is 2.32. The zero-order chi connectivity index (χ0) is 8.36. The lowest BCUT2D eigenvalue weighted by Crippen LogP contribution is -2.43. The first-order valence-corrected chi connectivity index (χ1v) is 3.49. The van der Waals surface area contributed by atoms with Crippen LogP contribution in [0.2, 0.25) is 0 Å². The molecule has 60 valence electrons. The van der Waals surface area contributed by atoms with Crippen LogP contribution in [-0.2, 0) is 0 Å². The SMILES string of the molecule is C=C[C@](O)(C(C)C)[C@H](C)O. The molecule has 0 heterocycles. The van der Waals surface area contributed by atoms with Crippen molar-refractivity contribution in [3.8, 4) is 0 Å². The summed E-state index contributed by atoms with van der Waals surface area (Å²) in [6.07, 6.45) is 0.632. The number of rotatable bonds is 3. The third-order valence-corrected chi connectivity index (χ3v) is 1.92. The van der Waals surface area contributed by atoms with Crippen LogP contribution in [0.3, 0.4) is 0 Å². The normalized spacial score (nSPS) is 20.2. The molecule has 2 nitrogen and oxygen atoms in total. The van der Waals surface area contributed by atoms with Crippen LogP contribution < -0.4 is 0 Å². The third kappa shape index (κ3) is 1.58. The van der Waals surface area contributed by atoms with E-state index >= 15 is 0 Å². The molecule has 0 amide bonds. The van der Waals surface area contributed by atoms with E-state index in [9.17, 15) is 5.11 Å². The molecule has 10 heavy (non-hydrogen) atoms. The Morgan fingerprint density at radius 3 is 1.80 bits per heavy atom. The van der Waals surface area contributed by atoms with Crippen molar-refractivity contribution < 1.29 is 10.2 Å². The maximum atomic E-state index is 9.61. The lowest BCUT2D eigenvalue weighted by molar-refractivity contribution is -0.0599. The Kier molecular flexibility index (Phi) is 3.06. The minimum absolute atomic E-state index is 0.00926. The second kappa shape index (κ2) is 3.17. The van der Waals surface area contributed by atoms with Gasteiger partial charge in [-0.15, -0.1) is 6.58 Å². The summed E-state index contributed by atoms with van der Waals surface area (Å²) >= 11 is 0. The molecule has 2 N–H and O–H groups in total. The van der Waals surface area contributed by atoms with Gasteiger partial charge in [0.25, 0.3) is 0 Å². The summed E-state index contributed by atoms with van der Waals surface area (Å²) in [6, 6.07) is 0. The van der Waals surface area contributed by atoms with Crippen molar-refractivity contribution in [1.82, 2.24) is 0 Å². The molecular weight excluding hydrogens is 128 g/mol. The van der Waals surface area contributed by atoms with Gasteiger partial charge >= 0.3 is 0 Å². The van der Waals surface area contributed by atoms with Gasteiger partial charge in [0.1, 0.15) is 5.60 Å². The number of aliphatic hydroxyl groups is 2. The van der Waals surface area contributed by atoms with E-state index in [4.69, 9.17) is 5.11 Å². The molecule has 0 aliphatic carbocycles. The van der Waals surface area contributed by atoms with Crippen molar-refractivity contribution in [3.63, 3.8) is 0 Å². The Hall–Kier alpha value is -0.340. The van der Waals surface area contributed by atoms with Gasteiger partial charge in [-0.05, 0) is 12.8 Å². The quantitative estimate of drug-likeness (QED) is 0.579. The van der Waals surface area contributed by atoms with Gasteiger partial charge in [-0.3, -0.25) is 0 Å². The lowest BCUT2D eigenvalue weighted by Gasteiger charge is -2.31. The Balaban J connectivity index is 4.38. The van der Waals surface area contributed by atoms with E-state index in [1.165, 1.54) is 6.08 Å². The molecule has 0 bridgehead atoms. The van der Waals surface area contributed by atoms with Crippen LogP contribution in [0.4, 0.5) is 0 Å². The van der Waals surface area contributed by atoms with Crippen molar-refractivity contribution >= 4 is 0 Å². The Morgan fingerprint density at radius 1 is 1.40 bits per heavy atom. The van der Waals surface area contributed by atoms with Crippen LogP contribution in [0.5, 0.6) is 0 Å². The van der Waals surface area contributed by atoms with E-state index in [0.717, 1.165) is 0 Å². The van der Waals surface area contributed by atoms with Crippen LogP contribution in [-0.4, -0.2) is 21.9 Å². The first-order valence-electron chi connectivity index (χ1n) is 3.49. The zero-order valence-corrected chi connectivity index (χ0v) is 6.83. The third-order valence-electron chi connectivity index (χ3n) is 1.92. The highest BCUT2D eigenvalue weighted by Crippen LogP contribution is 2.21. The fourth-order valence-corrected chi connectivity index (χ4v) is 0.889. The minimum Gasteiger partial charge on any atom is -0.390 e. The van der Waals surface area contributed by atoms with Crippen molar-refractivity contribution in [2.45, 2.75) is 32.5 Å². The van der Waals surface area contributed by atoms with Gasteiger partial charge < -0.3 is 10.2 Å². The molecule has 2 atom stereocenters. The second-order valence-corrected chi connectivity index (χ2v) is 2.92. The van der Waals surface area contributed by atoms with E-state index in [1.807, 2.05) is 13.8 Å². The fourth-order valence-electron chi connectivity index (χ4n) is 0.889. The molecule has 0 unspecified atom stereocenters. The van der Waals surface area contributed by atoms with Gasteiger partial charge in [-0.2, -0.15) is 0 Å². The molecule has 0 radical (unpaired) electrons. The number of aliphatic hydroxyl groups excluding tert-OH is 1. The van der Waals surface area contributed by atoms with Crippen molar-refractivity contribution in [1.29, 1.82) is 0 Å². The van der Waals surface area contributed by atoms with Crippen LogP contribution in [0.1, 0.15) is 20.8 Å². The standard InChI is InChI=1S/C8H16O2/c1-5-8(10,6(2)3)7(4)9/h5-7,9-10H,1H2,2-4H3/t7-,8-/m0/s1. The molecular formula is C8H16O2. The van der Waals surface area contributed by atoms with E-state index in [0.29, 0.717) is 0 Å². The first-order chi connectivity index (χ1) is 4.45. The van der Waals surface area contributed by atoms with Crippen molar-refractivity contribution in [2.24, 2.45) is 5.92 Å². The monoisotopic (exact) mass is 144 g/mol. The summed E-state index contributed by atoms with van der Waals surface area (Å²) in [7, 11) is 0. The van der Waals surface area contributed by atoms with Gasteiger partial charge in [-0.25, -0.2) is 0 Å².